The maximum absolute atomic E-state index is 12.2. The average molecular weight is 421 g/mol. The highest BCUT2D eigenvalue weighted by molar-refractivity contribution is 5.97. The molecule has 1 aliphatic rings. The monoisotopic (exact) mass is 420 g/mol. The third kappa shape index (κ3) is 7.54. The van der Waals surface area contributed by atoms with Gasteiger partial charge in [0.2, 0.25) is 11.8 Å². The molecule has 0 aliphatic carbocycles. The van der Waals surface area contributed by atoms with E-state index in [1.54, 1.807) is 0 Å². The molecule has 1 aromatic rings. The van der Waals surface area contributed by atoms with Crippen molar-refractivity contribution in [2.45, 2.75) is 38.8 Å². The summed E-state index contributed by atoms with van der Waals surface area (Å²) in [5, 5.41) is 15.1. The molecule has 1 aliphatic heterocycles. The van der Waals surface area contributed by atoms with E-state index in [2.05, 4.69) is 15.5 Å². The zero-order chi connectivity index (χ0) is 18.4. The van der Waals surface area contributed by atoms with Crippen LogP contribution in [0.15, 0.2) is 24.3 Å². The molecule has 0 spiro atoms. The topological polar surface area (TPSA) is 108 Å². The van der Waals surface area contributed by atoms with Gasteiger partial charge in [0.15, 0.2) is 0 Å². The zero-order valence-electron chi connectivity index (χ0n) is 15.7. The number of hydrogen-bond donors (Lipinski definition) is 4. The Morgan fingerprint density at radius 1 is 1.22 bits per heavy atom. The number of aliphatic hydroxyl groups excluding tert-OH is 1. The van der Waals surface area contributed by atoms with Gasteiger partial charge in [-0.05, 0) is 30.9 Å². The lowest BCUT2D eigenvalue weighted by Gasteiger charge is -2.32. The first-order chi connectivity index (χ1) is 11.9. The lowest BCUT2D eigenvalue weighted by Crippen LogP contribution is -2.46. The van der Waals surface area contributed by atoms with Crippen molar-refractivity contribution < 1.29 is 14.7 Å². The van der Waals surface area contributed by atoms with Crippen LogP contribution in [0.4, 0.5) is 11.4 Å². The van der Waals surface area contributed by atoms with Crippen LogP contribution in [0.1, 0.15) is 26.7 Å². The van der Waals surface area contributed by atoms with E-state index < -0.39 is 6.04 Å². The predicted molar refractivity (Wildman–Crippen MR) is 113 cm³/mol. The highest BCUT2D eigenvalue weighted by Gasteiger charge is 2.21. The Bertz CT molecular complexity index is 608. The van der Waals surface area contributed by atoms with Crippen molar-refractivity contribution in [3.63, 3.8) is 0 Å². The summed E-state index contributed by atoms with van der Waals surface area (Å²) < 4.78 is 0. The number of hydrogen-bond acceptors (Lipinski definition) is 5. The van der Waals surface area contributed by atoms with Crippen LogP contribution in [0, 0.1) is 5.92 Å². The molecule has 9 heteroatoms. The third-order valence-electron chi connectivity index (χ3n) is 4.43. The first kappa shape index (κ1) is 25.5. The molecule has 1 aromatic carbocycles. The van der Waals surface area contributed by atoms with Crippen LogP contribution < -0.4 is 21.3 Å². The molecule has 27 heavy (non-hydrogen) atoms. The summed E-state index contributed by atoms with van der Waals surface area (Å²) in [6.45, 7) is 5.08. The summed E-state index contributed by atoms with van der Waals surface area (Å²) in [6.07, 6.45) is 1.18. The molecule has 1 heterocycles. The van der Waals surface area contributed by atoms with Crippen LogP contribution >= 0.6 is 24.8 Å². The fourth-order valence-corrected chi connectivity index (χ4v) is 2.74. The molecule has 0 radical (unpaired) electrons. The van der Waals surface area contributed by atoms with E-state index in [0.29, 0.717) is 18.5 Å². The minimum atomic E-state index is -0.625. The Kier molecular flexibility index (Phi) is 11.3. The van der Waals surface area contributed by atoms with E-state index in [9.17, 15) is 14.7 Å². The number of halogens is 2. The number of rotatable bonds is 6. The maximum Gasteiger partial charge on any atom is 0.243 e. The average Bonchev–Trinajstić information content (AvgIpc) is 2.60. The maximum atomic E-state index is 12.2. The molecule has 2 amide bonds. The Balaban J connectivity index is 0.00000338. The second-order valence-corrected chi connectivity index (χ2v) is 6.77. The van der Waals surface area contributed by atoms with Gasteiger partial charge in [0.1, 0.15) is 0 Å². The largest absolute Gasteiger partial charge is 0.393 e. The molecule has 154 valence electrons. The number of amides is 2. The highest BCUT2D eigenvalue weighted by Crippen LogP contribution is 2.28. The van der Waals surface area contributed by atoms with E-state index in [0.717, 1.165) is 18.8 Å². The fourth-order valence-electron chi connectivity index (χ4n) is 2.74. The number of carbonyl (C=O) groups is 2. The smallest absolute Gasteiger partial charge is 0.243 e. The molecule has 7 nitrogen and oxygen atoms in total. The van der Waals surface area contributed by atoms with E-state index >= 15 is 0 Å². The summed E-state index contributed by atoms with van der Waals surface area (Å²) in [7, 11) is 0. The lowest BCUT2D eigenvalue weighted by molar-refractivity contribution is -0.125. The minimum absolute atomic E-state index is 0. The van der Waals surface area contributed by atoms with Crippen LogP contribution in [0.2, 0.25) is 0 Å². The third-order valence-corrected chi connectivity index (χ3v) is 4.43. The summed E-state index contributed by atoms with van der Waals surface area (Å²) in [5.74, 6) is -0.615. The molecule has 0 unspecified atom stereocenters. The van der Waals surface area contributed by atoms with Crippen LogP contribution in [-0.4, -0.2) is 48.7 Å². The van der Waals surface area contributed by atoms with Crippen molar-refractivity contribution in [1.29, 1.82) is 0 Å². The Hall–Kier alpha value is -1.54. The quantitative estimate of drug-likeness (QED) is 0.557. The summed E-state index contributed by atoms with van der Waals surface area (Å²) >= 11 is 0. The number of nitrogens with one attached hydrogen (secondary N) is 2. The minimum Gasteiger partial charge on any atom is -0.393 e. The van der Waals surface area contributed by atoms with Gasteiger partial charge in [0.05, 0.1) is 30.1 Å². The second kappa shape index (κ2) is 12.0. The Morgan fingerprint density at radius 3 is 2.41 bits per heavy atom. The number of aliphatic hydroxyl groups is 1. The second-order valence-electron chi connectivity index (χ2n) is 6.77. The van der Waals surface area contributed by atoms with Crippen molar-refractivity contribution in [3.05, 3.63) is 24.3 Å². The van der Waals surface area contributed by atoms with Crippen molar-refractivity contribution in [2.75, 3.05) is 29.9 Å². The number of benzene rings is 1. The van der Waals surface area contributed by atoms with Crippen LogP contribution in [0.25, 0.3) is 0 Å². The standard InChI is InChI=1S/C18H28N4O3.2ClH/c1-12(2)17(19)18(25)20-11-16(24)21-14-5-3-4-6-15(14)22-9-7-13(23)8-10-22;;/h3-6,12-13,17,23H,7-11,19H2,1-2H3,(H,20,25)(H,21,24);2*1H/t17-;;/m0../s1. The number of piperidine rings is 1. The number of nitrogens with zero attached hydrogens (tertiary/aromatic N) is 1. The molecule has 1 fully saturated rings. The number of nitrogens with two attached hydrogens (primary N) is 1. The number of anilines is 2. The van der Waals surface area contributed by atoms with Crippen molar-refractivity contribution in [1.82, 2.24) is 5.32 Å². The molecular formula is C18H30Cl2N4O3. The lowest BCUT2D eigenvalue weighted by atomic mass is 10.1. The Morgan fingerprint density at radius 2 is 1.81 bits per heavy atom. The van der Waals surface area contributed by atoms with Gasteiger partial charge in [0.25, 0.3) is 0 Å². The van der Waals surface area contributed by atoms with Crippen molar-refractivity contribution >= 4 is 48.0 Å². The highest BCUT2D eigenvalue weighted by atomic mass is 35.5. The summed E-state index contributed by atoms with van der Waals surface area (Å²) in [6, 6.07) is 6.92. The Labute approximate surface area is 172 Å². The normalized spacial score (nSPS) is 15.4. The fraction of sp³-hybridized carbons (Fsp3) is 0.556. The van der Waals surface area contributed by atoms with Gasteiger partial charge in [0, 0.05) is 13.1 Å². The molecular weight excluding hydrogens is 391 g/mol. The first-order valence-electron chi connectivity index (χ1n) is 8.73. The van der Waals surface area contributed by atoms with Gasteiger partial charge in [-0.25, -0.2) is 0 Å². The van der Waals surface area contributed by atoms with Crippen LogP contribution in [0.5, 0.6) is 0 Å². The molecule has 1 atom stereocenters. The molecule has 5 N–H and O–H groups in total. The van der Waals surface area contributed by atoms with Crippen molar-refractivity contribution in [3.8, 4) is 0 Å². The van der Waals surface area contributed by atoms with Crippen molar-refractivity contribution in [2.24, 2.45) is 11.7 Å². The van der Waals surface area contributed by atoms with Gasteiger partial charge >= 0.3 is 0 Å². The SMILES string of the molecule is CC(C)[C@H](N)C(=O)NCC(=O)Nc1ccccc1N1CCC(O)CC1.Cl.Cl. The molecule has 0 bridgehead atoms. The summed E-state index contributed by atoms with van der Waals surface area (Å²) in [5.41, 5.74) is 7.39. The van der Waals surface area contributed by atoms with Gasteiger partial charge in [-0.15, -0.1) is 24.8 Å². The number of carbonyl (C=O) groups excluding carboxylic acids is 2. The molecule has 0 aromatic heterocycles. The van der Waals surface area contributed by atoms with Gasteiger partial charge < -0.3 is 26.4 Å². The van der Waals surface area contributed by atoms with E-state index in [4.69, 9.17) is 5.73 Å². The van der Waals surface area contributed by atoms with Crippen LogP contribution in [0.3, 0.4) is 0 Å². The van der Waals surface area contributed by atoms with E-state index in [-0.39, 0.29) is 55.2 Å². The molecule has 0 saturated carbocycles. The molecule has 1 saturated heterocycles. The summed E-state index contributed by atoms with van der Waals surface area (Å²) in [4.78, 5) is 26.2. The number of para-hydroxylation sites is 2. The van der Waals surface area contributed by atoms with Crippen LogP contribution in [-0.2, 0) is 9.59 Å². The van der Waals surface area contributed by atoms with E-state index in [1.807, 2.05) is 38.1 Å². The van der Waals surface area contributed by atoms with Gasteiger partial charge in [-0.2, -0.15) is 0 Å². The van der Waals surface area contributed by atoms with Gasteiger partial charge in [-0.1, -0.05) is 26.0 Å². The zero-order valence-corrected chi connectivity index (χ0v) is 17.3. The van der Waals surface area contributed by atoms with E-state index in [1.165, 1.54) is 0 Å². The predicted octanol–water partition coefficient (Wildman–Crippen LogP) is 1.53. The van der Waals surface area contributed by atoms with Gasteiger partial charge in [-0.3, -0.25) is 9.59 Å². The molecule has 2 rings (SSSR count). The first-order valence-corrected chi connectivity index (χ1v) is 8.73.